The second kappa shape index (κ2) is 8.06. The van der Waals surface area contributed by atoms with Crippen molar-refractivity contribution in [2.24, 2.45) is 5.41 Å². The van der Waals surface area contributed by atoms with Gasteiger partial charge >= 0.3 is 0 Å². The van der Waals surface area contributed by atoms with Crippen molar-refractivity contribution in [3.05, 3.63) is 41.6 Å². The molecule has 2 aromatic heterocycles. The maximum atomic E-state index is 13.6. The first-order chi connectivity index (χ1) is 16.4. The zero-order valence-electron chi connectivity index (χ0n) is 19.3. The summed E-state index contributed by atoms with van der Waals surface area (Å²) in [6.45, 7) is 3.09. The van der Waals surface area contributed by atoms with E-state index in [4.69, 9.17) is 0 Å². The molecule has 0 radical (unpaired) electrons. The molecular weight excluding hydrogens is 434 g/mol. The summed E-state index contributed by atoms with van der Waals surface area (Å²) in [6.07, 6.45) is 8.31. The van der Waals surface area contributed by atoms with Crippen LogP contribution < -0.4 is 0 Å². The van der Waals surface area contributed by atoms with Gasteiger partial charge in [-0.15, -0.1) is 5.10 Å². The monoisotopic (exact) mass is 463 g/mol. The summed E-state index contributed by atoms with van der Waals surface area (Å²) in [6, 6.07) is 4.24. The number of piperidine rings is 1. The Morgan fingerprint density at radius 2 is 1.97 bits per heavy atom. The van der Waals surface area contributed by atoms with Gasteiger partial charge in [-0.25, -0.2) is 0 Å². The first-order valence-corrected chi connectivity index (χ1v) is 12.1. The van der Waals surface area contributed by atoms with E-state index in [2.05, 4.69) is 25.4 Å². The Balaban J connectivity index is 1.14. The minimum atomic E-state index is -0.701. The average molecular weight is 464 g/mol. The number of allylic oxidation sites excluding steroid dienone is 2. The molecule has 4 aliphatic rings. The van der Waals surface area contributed by atoms with Gasteiger partial charge in [0.15, 0.2) is 5.78 Å². The molecular formula is C24H29N7O3. The third kappa shape index (κ3) is 3.39. The number of carbonyl (C=O) groups is 2. The normalized spacial score (nSPS) is 30.2. The van der Waals surface area contributed by atoms with E-state index in [0.717, 1.165) is 55.6 Å². The van der Waals surface area contributed by atoms with Crippen molar-refractivity contribution in [1.82, 2.24) is 35.0 Å². The van der Waals surface area contributed by atoms with Crippen LogP contribution in [0.5, 0.6) is 0 Å². The van der Waals surface area contributed by atoms with Gasteiger partial charge < -0.3 is 10.0 Å². The van der Waals surface area contributed by atoms with E-state index in [1.807, 2.05) is 24.0 Å². The molecule has 1 spiro atoms. The molecule has 10 nitrogen and oxygen atoms in total. The Morgan fingerprint density at radius 3 is 2.59 bits per heavy atom. The number of likely N-dealkylation sites (tertiary alicyclic amines) is 1. The van der Waals surface area contributed by atoms with Gasteiger partial charge in [-0.3, -0.25) is 19.5 Å². The number of tetrazole rings is 1. The average Bonchev–Trinajstić information content (AvgIpc) is 3.60. The summed E-state index contributed by atoms with van der Waals surface area (Å²) in [4.78, 5) is 34.4. The van der Waals surface area contributed by atoms with Gasteiger partial charge in [-0.2, -0.15) is 4.68 Å². The molecule has 3 fully saturated rings. The number of aliphatic hydroxyl groups excluding tert-OH is 1. The molecule has 1 aliphatic carbocycles. The molecule has 3 aliphatic heterocycles. The number of amides is 1. The van der Waals surface area contributed by atoms with E-state index in [-0.39, 0.29) is 29.2 Å². The molecule has 1 N–H and O–H groups in total. The van der Waals surface area contributed by atoms with E-state index in [1.54, 1.807) is 6.20 Å². The molecule has 5 heterocycles. The number of ketones is 1. The fourth-order valence-corrected chi connectivity index (χ4v) is 6.60. The van der Waals surface area contributed by atoms with Gasteiger partial charge in [0.2, 0.25) is 5.91 Å². The van der Waals surface area contributed by atoms with Gasteiger partial charge in [0.25, 0.3) is 0 Å². The Kier molecular flexibility index (Phi) is 5.11. The van der Waals surface area contributed by atoms with Crippen LogP contribution in [0.15, 0.2) is 35.9 Å². The summed E-state index contributed by atoms with van der Waals surface area (Å²) < 4.78 is 1.52. The maximum absolute atomic E-state index is 13.6. The van der Waals surface area contributed by atoms with Crippen LogP contribution in [-0.2, 0) is 9.59 Å². The SMILES string of the molecule is CC1=C(N2CCC3(CC4CCC(C3)N4CC(O)c3ccc(-n4cnnn4)cn3)C2=O)CCC1=O. The third-order valence-corrected chi connectivity index (χ3v) is 8.41. The van der Waals surface area contributed by atoms with Crippen molar-refractivity contribution in [3.8, 4) is 5.69 Å². The number of hydrogen-bond acceptors (Lipinski definition) is 8. The van der Waals surface area contributed by atoms with Crippen molar-refractivity contribution in [2.45, 2.75) is 70.1 Å². The van der Waals surface area contributed by atoms with E-state index in [9.17, 15) is 14.7 Å². The van der Waals surface area contributed by atoms with E-state index in [0.29, 0.717) is 25.1 Å². The lowest BCUT2D eigenvalue weighted by molar-refractivity contribution is -0.138. The minimum Gasteiger partial charge on any atom is -0.385 e. The Labute approximate surface area is 197 Å². The van der Waals surface area contributed by atoms with Crippen molar-refractivity contribution >= 4 is 11.7 Å². The van der Waals surface area contributed by atoms with E-state index < -0.39 is 6.10 Å². The van der Waals surface area contributed by atoms with Crippen LogP contribution in [0.1, 0.15) is 63.7 Å². The highest BCUT2D eigenvalue weighted by atomic mass is 16.3. The molecule has 3 atom stereocenters. The standard InChI is InChI=1S/C24H29N7O3/c1-15-20(6-7-21(15)32)29-9-8-24(23(29)34)10-16-2-3-17(11-24)30(16)13-22(33)19-5-4-18(12-25-19)31-14-26-27-28-31/h4-5,12,14,16-17,22,33H,2-3,6-11,13H2,1H3. The summed E-state index contributed by atoms with van der Waals surface area (Å²) in [5.41, 5.74) is 2.76. The summed E-state index contributed by atoms with van der Waals surface area (Å²) in [5, 5.41) is 22.1. The molecule has 1 amide bonds. The lowest BCUT2D eigenvalue weighted by Gasteiger charge is -2.44. The van der Waals surface area contributed by atoms with Gasteiger partial charge in [0.05, 0.1) is 23.0 Å². The number of Topliss-reactive ketones (excluding diaryl/α,β-unsaturated/α-hetero) is 1. The summed E-state index contributed by atoms with van der Waals surface area (Å²) >= 11 is 0. The Bertz CT molecular complexity index is 1130. The molecule has 0 aromatic carbocycles. The first-order valence-electron chi connectivity index (χ1n) is 12.1. The number of carbonyl (C=O) groups excluding carboxylic acids is 2. The largest absolute Gasteiger partial charge is 0.385 e. The Morgan fingerprint density at radius 1 is 1.18 bits per heavy atom. The van der Waals surface area contributed by atoms with Crippen molar-refractivity contribution in [2.75, 3.05) is 13.1 Å². The molecule has 3 unspecified atom stereocenters. The topological polar surface area (TPSA) is 117 Å². The van der Waals surface area contributed by atoms with Gasteiger partial charge in [-0.05, 0) is 68.0 Å². The predicted molar refractivity (Wildman–Crippen MR) is 120 cm³/mol. The number of rotatable bonds is 5. The van der Waals surface area contributed by atoms with Gasteiger partial charge in [-0.1, -0.05) is 0 Å². The van der Waals surface area contributed by atoms with Crippen molar-refractivity contribution in [3.63, 3.8) is 0 Å². The molecule has 3 saturated heterocycles. The number of pyridine rings is 1. The fourth-order valence-electron chi connectivity index (χ4n) is 6.60. The lowest BCUT2D eigenvalue weighted by Crippen LogP contribution is -2.51. The van der Waals surface area contributed by atoms with Crippen molar-refractivity contribution < 1.29 is 14.7 Å². The van der Waals surface area contributed by atoms with Crippen LogP contribution in [0.4, 0.5) is 0 Å². The van der Waals surface area contributed by atoms with Crippen LogP contribution >= 0.6 is 0 Å². The summed E-state index contributed by atoms with van der Waals surface area (Å²) in [7, 11) is 0. The Hall–Kier alpha value is -2.98. The zero-order valence-corrected chi connectivity index (χ0v) is 19.3. The molecule has 2 aromatic rings. The first kappa shape index (κ1) is 21.5. The van der Waals surface area contributed by atoms with Gasteiger partial charge in [0, 0.05) is 42.9 Å². The molecule has 2 bridgehead atoms. The second-order valence-electron chi connectivity index (χ2n) is 10.2. The highest BCUT2D eigenvalue weighted by molar-refractivity contribution is 5.99. The number of hydrogen-bond donors (Lipinski definition) is 1. The van der Waals surface area contributed by atoms with E-state index in [1.165, 1.54) is 11.0 Å². The summed E-state index contributed by atoms with van der Waals surface area (Å²) in [5.74, 6) is 0.390. The van der Waals surface area contributed by atoms with Crippen LogP contribution in [0.25, 0.3) is 5.69 Å². The van der Waals surface area contributed by atoms with Crippen LogP contribution in [0, 0.1) is 5.41 Å². The predicted octanol–water partition coefficient (Wildman–Crippen LogP) is 1.57. The molecule has 34 heavy (non-hydrogen) atoms. The molecule has 10 heteroatoms. The number of nitrogens with zero attached hydrogens (tertiary/aromatic N) is 7. The highest BCUT2D eigenvalue weighted by Gasteiger charge is 2.56. The molecule has 6 rings (SSSR count). The van der Waals surface area contributed by atoms with Crippen LogP contribution in [0.2, 0.25) is 0 Å². The zero-order chi connectivity index (χ0) is 23.4. The second-order valence-corrected chi connectivity index (χ2v) is 10.2. The fraction of sp³-hybridized carbons (Fsp3) is 0.583. The number of aromatic nitrogens is 5. The van der Waals surface area contributed by atoms with Crippen molar-refractivity contribution in [1.29, 1.82) is 0 Å². The number of fused-ring (bicyclic) bond motifs is 2. The molecule has 178 valence electrons. The smallest absolute Gasteiger partial charge is 0.233 e. The highest BCUT2D eigenvalue weighted by Crippen LogP contribution is 2.52. The van der Waals surface area contributed by atoms with Crippen LogP contribution in [0.3, 0.4) is 0 Å². The van der Waals surface area contributed by atoms with Gasteiger partial charge in [0.1, 0.15) is 12.4 Å². The lowest BCUT2D eigenvalue weighted by atomic mass is 9.73. The minimum absolute atomic E-state index is 0.173. The van der Waals surface area contributed by atoms with Crippen LogP contribution in [-0.4, -0.2) is 77.0 Å². The quantitative estimate of drug-likeness (QED) is 0.710. The maximum Gasteiger partial charge on any atom is 0.233 e. The molecule has 0 saturated carbocycles. The third-order valence-electron chi connectivity index (χ3n) is 8.41. The van der Waals surface area contributed by atoms with E-state index >= 15 is 0 Å². The number of aliphatic hydroxyl groups is 1.